The lowest BCUT2D eigenvalue weighted by atomic mass is 9.94. The molecule has 0 spiro atoms. The molecule has 3 rings (SSSR count). The van der Waals surface area contributed by atoms with Crippen molar-refractivity contribution in [3.8, 4) is 0 Å². The highest BCUT2D eigenvalue weighted by Crippen LogP contribution is 2.35. The number of sulfonamides is 1. The topological polar surface area (TPSA) is 95.6 Å². The molecule has 27 heavy (non-hydrogen) atoms. The molecule has 146 valence electrons. The van der Waals surface area contributed by atoms with Gasteiger partial charge in [0.25, 0.3) is 0 Å². The van der Waals surface area contributed by atoms with E-state index in [1.54, 1.807) is 18.2 Å². The number of carbonyl (C=O) groups excluding carboxylic acids is 2. The van der Waals surface area contributed by atoms with Crippen molar-refractivity contribution in [1.29, 1.82) is 0 Å². The Labute approximate surface area is 171 Å². The smallest absolute Gasteiger partial charge is 0.306 e. The van der Waals surface area contributed by atoms with E-state index in [9.17, 15) is 18.0 Å². The molecule has 2 N–H and O–H groups in total. The lowest BCUT2D eigenvalue weighted by molar-refractivity contribution is -0.114. The zero-order valence-electron chi connectivity index (χ0n) is 14.2. The quantitative estimate of drug-likeness (QED) is 0.717. The summed E-state index contributed by atoms with van der Waals surface area (Å²) in [6, 6.07) is 3.95. The van der Waals surface area contributed by atoms with Gasteiger partial charge in [-0.25, -0.2) is 17.5 Å². The van der Waals surface area contributed by atoms with Crippen molar-refractivity contribution in [3.63, 3.8) is 0 Å². The highest BCUT2D eigenvalue weighted by Gasteiger charge is 2.44. The van der Waals surface area contributed by atoms with Crippen LogP contribution in [0.1, 0.15) is 19.3 Å². The maximum Gasteiger partial charge on any atom is 0.323 e. The average molecular weight is 450 g/mol. The predicted octanol–water partition coefficient (Wildman–Crippen LogP) is 3.41. The van der Waals surface area contributed by atoms with Crippen LogP contribution in [0.4, 0.5) is 10.5 Å². The fourth-order valence-corrected chi connectivity index (χ4v) is 6.15. The van der Waals surface area contributed by atoms with E-state index in [1.807, 2.05) is 0 Å². The first-order chi connectivity index (χ1) is 12.7. The van der Waals surface area contributed by atoms with E-state index in [1.165, 1.54) is 16.8 Å². The summed E-state index contributed by atoms with van der Waals surface area (Å²) in [6.45, 7) is 0. The molecular formula is C16H17Cl2N3O4S2. The summed E-state index contributed by atoms with van der Waals surface area (Å²) in [5, 5.41) is 6.64. The second-order valence-electron chi connectivity index (χ2n) is 6.19. The van der Waals surface area contributed by atoms with Gasteiger partial charge in [-0.15, -0.1) is 11.8 Å². The summed E-state index contributed by atoms with van der Waals surface area (Å²) in [6.07, 6.45) is 2.57. The molecule has 1 aromatic rings. The van der Waals surface area contributed by atoms with Gasteiger partial charge in [0.05, 0.1) is 21.4 Å². The minimum Gasteiger partial charge on any atom is -0.306 e. The molecule has 2 amide bonds. The molecule has 1 aliphatic carbocycles. The normalized spacial score (nSPS) is 20.4. The molecule has 0 radical (unpaired) electrons. The van der Waals surface area contributed by atoms with Crippen LogP contribution >= 0.6 is 35.0 Å². The number of nitrogens with zero attached hydrogens (tertiary/aromatic N) is 1. The second-order valence-corrected chi connectivity index (χ2v) is 10.3. The summed E-state index contributed by atoms with van der Waals surface area (Å²) in [4.78, 5) is 24.7. The van der Waals surface area contributed by atoms with Crippen LogP contribution in [0.15, 0.2) is 29.3 Å². The van der Waals surface area contributed by atoms with Gasteiger partial charge in [-0.05, 0) is 25.0 Å². The first kappa shape index (κ1) is 20.5. The van der Waals surface area contributed by atoms with E-state index in [2.05, 4.69) is 10.6 Å². The van der Waals surface area contributed by atoms with E-state index >= 15 is 0 Å². The Kier molecular flexibility index (Phi) is 6.07. The molecule has 1 unspecified atom stereocenters. The Bertz CT molecular complexity index is 916. The minimum atomic E-state index is -3.80. The Hall–Kier alpha value is -1.26. The molecule has 0 bridgehead atoms. The van der Waals surface area contributed by atoms with E-state index < -0.39 is 26.4 Å². The van der Waals surface area contributed by atoms with Crippen LogP contribution in [-0.2, 0) is 14.8 Å². The van der Waals surface area contributed by atoms with Crippen LogP contribution in [0, 0.1) is 0 Å². The van der Waals surface area contributed by atoms with Crippen LogP contribution in [-0.4, -0.2) is 42.2 Å². The number of thioether (sulfide) groups is 1. The fraction of sp³-hybridized carbons (Fsp3) is 0.375. The molecule has 0 aromatic heterocycles. The first-order valence-corrected chi connectivity index (χ1v) is 11.3. The standard InChI is InChI=1S/C16H17Cl2N3O4S2/c1-21(9-4-2-5-9)27(24,25)15-14(22)12(8-26-15)20-16(23)19-11-7-3-6-10(17)13(11)18/h3,6-9,15H,2,4-5H2,1H3,(H2,19,20,23). The van der Waals surface area contributed by atoms with Crippen LogP contribution in [0.25, 0.3) is 0 Å². The molecule has 1 saturated carbocycles. The number of hydrogen-bond acceptors (Lipinski definition) is 5. The molecule has 1 fully saturated rings. The summed E-state index contributed by atoms with van der Waals surface area (Å²) < 4.78 is 25.3. The van der Waals surface area contributed by atoms with Crippen molar-refractivity contribution in [2.45, 2.75) is 29.9 Å². The lowest BCUT2D eigenvalue weighted by Gasteiger charge is -2.34. The van der Waals surface area contributed by atoms with Crippen molar-refractivity contribution in [3.05, 3.63) is 39.3 Å². The van der Waals surface area contributed by atoms with Gasteiger partial charge < -0.3 is 10.6 Å². The van der Waals surface area contributed by atoms with Crippen LogP contribution < -0.4 is 10.6 Å². The van der Waals surface area contributed by atoms with Crippen LogP contribution in [0.3, 0.4) is 0 Å². The largest absolute Gasteiger partial charge is 0.323 e. The number of halogens is 2. The highest BCUT2D eigenvalue weighted by atomic mass is 35.5. The Morgan fingerprint density at radius 2 is 1.96 bits per heavy atom. The van der Waals surface area contributed by atoms with Gasteiger partial charge in [-0.3, -0.25) is 4.79 Å². The third kappa shape index (κ3) is 4.12. The van der Waals surface area contributed by atoms with Gasteiger partial charge in [-0.2, -0.15) is 0 Å². The number of rotatable bonds is 5. The number of amides is 2. The monoisotopic (exact) mass is 449 g/mol. The summed E-state index contributed by atoms with van der Waals surface area (Å²) in [5.74, 6) is -0.654. The SMILES string of the molecule is CN(C1CCC1)S(=O)(=O)C1SC=C(NC(=O)Nc2cccc(Cl)c2Cl)C1=O. The van der Waals surface area contributed by atoms with Crippen LogP contribution in [0.2, 0.25) is 10.0 Å². The summed E-state index contributed by atoms with van der Waals surface area (Å²) in [7, 11) is -2.31. The number of ketones is 1. The highest BCUT2D eigenvalue weighted by molar-refractivity contribution is 8.16. The zero-order chi connectivity index (χ0) is 19.8. The predicted molar refractivity (Wildman–Crippen MR) is 107 cm³/mol. The third-order valence-corrected chi connectivity index (χ3v) is 9.07. The van der Waals surface area contributed by atoms with Gasteiger partial charge in [0.2, 0.25) is 15.8 Å². The molecule has 7 nitrogen and oxygen atoms in total. The number of Topliss-reactive ketones (excluding diaryl/α,β-unsaturated/α-hetero) is 1. The summed E-state index contributed by atoms with van der Waals surface area (Å²) in [5.41, 5.74) is 0.195. The molecule has 11 heteroatoms. The van der Waals surface area contributed by atoms with Crippen molar-refractivity contribution >= 4 is 62.5 Å². The molecule has 1 atom stereocenters. The van der Waals surface area contributed by atoms with Crippen molar-refractivity contribution in [2.24, 2.45) is 0 Å². The molecule has 2 aliphatic rings. The van der Waals surface area contributed by atoms with E-state index in [0.717, 1.165) is 31.0 Å². The number of urea groups is 1. The number of allylic oxidation sites excluding steroid dienone is 1. The van der Waals surface area contributed by atoms with Crippen molar-refractivity contribution in [2.75, 3.05) is 12.4 Å². The second kappa shape index (κ2) is 8.00. The van der Waals surface area contributed by atoms with Crippen LogP contribution in [0.5, 0.6) is 0 Å². The fourth-order valence-electron chi connectivity index (χ4n) is 2.66. The molecule has 1 aliphatic heterocycles. The first-order valence-electron chi connectivity index (χ1n) is 8.10. The molecule has 1 heterocycles. The molecular weight excluding hydrogens is 433 g/mol. The maximum absolute atomic E-state index is 12.7. The van der Waals surface area contributed by atoms with Gasteiger partial charge in [-0.1, -0.05) is 35.7 Å². The Balaban J connectivity index is 1.64. The Morgan fingerprint density at radius 3 is 2.59 bits per heavy atom. The average Bonchev–Trinajstić information content (AvgIpc) is 2.91. The lowest BCUT2D eigenvalue weighted by Crippen LogP contribution is -2.47. The van der Waals surface area contributed by atoms with E-state index in [-0.39, 0.29) is 27.5 Å². The number of benzene rings is 1. The van der Waals surface area contributed by atoms with Gasteiger partial charge in [0, 0.05) is 18.5 Å². The zero-order valence-corrected chi connectivity index (χ0v) is 17.4. The molecule has 0 saturated heterocycles. The van der Waals surface area contributed by atoms with Crippen molar-refractivity contribution in [1.82, 2.24) is 9.62 Å². The minimum absolute atomic E-state index is 0.0614. The number of nitrogens with one attached hydrogen (secondary N) is 2. The van der Waals surface area contributed by atoms with Gasteiger partial charge in [0.1, 0.15) is 0 Å². The van der Waals surface area contributed by atoms with Crippen molar-refractivity contribution < 1.29 is 18.0 Å². The Morgan fingerprint density at radius 1 is 1.26 bits per heavy atom. The third-order valence-electron chi connectivity index (χ3n) is 4.50. The number of carbonyl (C=O) groups is 2. The van der Waals surface area contributed by atoms with Gasteiger partial charge in [0.15, 0.2) is 4.58 Å². The summed E-state index contributed by atoms with van der Waals surface area (Å²) >= 11 is 12.8. The maximum atomic E-state index is 12.7. The number of anilines is 1. The number of hydrogen-bond donors (Lipinski definition) is 2. The van der Waals surface area contributed by atoms with E-state index in [0.29, 0.717) is 0 Å². The van der Waals surface area contributed by atoms with Gasteiger partial charge >= 0.3 is 6.03 Å². The molecule has 1 aromatic carbocycles. The van der Waals surface area contributed by atoms with E-state index in [4.69, 9.17) is 23.2 Å².